The monoisotopic (exact) mass is 300 g/mol. The van der Waals surface area contributed by atoms with E-state index in [-0.39, 0.29) is 0 Å². The van der Waals surface area contributed by atoms with E-state index in [0.29, 0.717) is 23.1 Å². The Labute approximate surface area is 121 Å². The normalized spacial score (nSPS) is 11.8. The first-order valence-electron chi connectivity index (χ1n) is 6.14. The molecule has 6 nitrogen and oxygen atoms in total. The molecule has 0 fully saturated rings. The predicted molar refractivity (Wildman–Crippen MR) is 76.1 cm³/mol. The van der Waals surface area contributed by atoms with Gasteiger partial charge in [-0.05, 0) is 24.6 Å². The number of hydrogen-bond acceptors (Lipinski definition) is 4. The number of anilines is 1. The van der Waals surface area contributed by atoms with Gasteiger partial charge in [0.25, 0.3) is 0 Å². The van der Waals surface area contributed by atoms with Crippen LogP contribution in [0, 0.1) is 0 Å². The van der Waals surface area contributed by atoms with Gasteiger partial charge in [0.05, 0.1) is 24.1 Å². The highest BCUT2D eigenvalue weighted by atomic mass is 35.5. The molecule has 1 rings (SSSR count). The van der Waals surface area contributed by atoms with Crippen molar-refractivity contribution < 1.29 is 19.4 Å². The van der Waals surface area contributed by atoms with Gasteiger partial charge in [0.15, 0.2) is 0 Å². The lowest BCUT2D eigenvalue weighted by Crippen LogP contribution is -2.37. The van der Waals surface area contributed by atoms with E-state index in [1.807, 2.05) is 6.92 Å². The number of rotatable bonds is 7. The van der Waals surface area contributed by atoms with Crippen molar-refractivity contribution in [1.82, 2.24) is 0 Å². The van der Waals surface area contributed by atoms with Gasteiger partial charge >= 0.3 is 5.97 Å². The molecule has 110 valence electrons. The number of nitrogens with one attached hydrogen (secondary N) is 1. The van der Waals surface area contributed by atoms with E-state index < -0.39 is 24.3 Å². The van der Waals surface area contributed by atoms with Crippen LogP contribution in [0.1, 0.15) is 19.8 Å². The maximum Gasteiger partial charge on any atom is 0.305 e. The van der Waals surface area contributed by atoms with Crippen LogP contribution < -0.4 is 15.8 Å². The van der Waals surface area contributed by atoms with Gasteiger partial charge in [-0.3, -0.25) is 9.59 Å². The lowest BCUT2D eigenvalue weighted by atomic mass is 10.2. The quantitative estimate of drug-likeness (QED) is 0.713. The van der Waals surface area contributed by atoms with Gasteiger partial charge in [-0.2, -0.15) is 0 Å². The smallest absolute Gasteiger partial charge is 0.305 e. The van der Waals surface area contributed by atoms with E-state index in [9.17, 15) is 9.59 Å². The summed E-state index contributed by atoms with van der Waals surface area (Å²) in [6, 6.07) is 3.67. The van der Waals surface area contributed by atoms with Gasteiger partial charge in [0, 0.05) is 5.69 Å². The zero-order valence-corrected chi connectivity index (χ0v) is 11.8. The van der Waals surface area contributed by atoms with Crippen LogP contribution in [0.2, 0.25) is 5.02 Å². The first kappa shape index (κ1) is 16.3. The maximum absolute atomic E-state index is 11.6. The van der Waals surface area contributed by atoms with Crippen molar-refractivity contribution in [2.45, 2.75) is 25.8 Å². The fourth-order valence-corrected chi connectivity index (χ4v) is 1.66. The topological polar surface area (TPSA) is 102 Å². The highest BCUT2D eigenvalue weighted by Crippen LogP contribution is 2.27. The first-order valence-corrected chi connectivity index (χ1v) is 6.52. The third-order valence-electron chi connectivity index (χ3n) is 2.39. The Balaban J connectivity index is 2.66. The predicted octanol–water partition coefficient (Wildman–Crippen LogP) is 1.87. The lowest BCUT2D eigenvalue weighted by Gasteiger charge is -2.12. The molecule has 0 heterocycles. The summed E-state index contributed by atoms with van der Waals surface area (Å²) in [4.78, 5) is 22.1. The number of carboxylic acids is 1. The van der Waals surface area contributed by atoms with E-state index in [2.05, 4.69) is 5.32 Å². The Morgan fingerprint density at radius 3 is 2.75 bits per heavy atom. The second kappa shape index (κ2) is 7.72. The molecule has 0 aromatic heterocycles. The van der Waals surface area contributed by atoms with Gasteiger partial charge in [0.1, 0.15) is 5.75 Å². The van der Waals surface area contributed by atoms with Crippen molar-refractivity contribution in [3.8, 4) is 5.75 Å². The van der Waals surface area contributed by atoms with Crippen molar-refractivity contribution in [3.05, 3.63) is 23.2 Å². The molecule has 0 radical (unpaired) electrons. The molecule has 0 aliphatic heterocycles. The van der Waals surface area contributed by atoms with Crippen LogP contribution in [0.15, 0.2) is 18.2 Å². The molecule has 0 aliphatic carbocycles. The summed E-state index contributed by atoms with van der Waals surface area (Å²) in [5, 5.41) is 11.4. The molecule has 0 aliphatic rings. The summed E-state index contributed by atoms with van der Waals surface area (Å²) in [6.45, 7) is 2.53. The van der Waals surface area contributed by atoms with Crippen LogP contribution in [0.4, 0.5) is 5.69 Å². The molecule has 20 heavy (non-hydrogen) atoms. The molecule has 0 bridgehead atoms. The number of carbonyl (C=O) groups excluding carboxylic acids is 1. The second-order valence-electron chi connectivity index (χ2n) is 4.19. The molecule has 4 N–H and O–H groups in total. The zero-order chi connectivity index (χ0) is 15.1. The number of benzene rings is 1. The van der Waals surface area contributed by atoms with Gasteiger partial charge in [-0.15, -0.1) is 0 Å². The molecule has 0 saturated carbocycles. The van der Waals surface area contributed by atoms with Gasteiger partial charge in [0.2, 0.25) is 5.91 Å². The molecule has 1 aromatic rings. The fourth-order valence-electron chi connectivity index (χ4n) is 1.42. The largest absolute Gasteiger partial charge is 0.492 e. The zero-order valence-electron chi connectivity index (χ0n) is 11.1. The van der Waals surface area contributed by atoms with E-state index in [0.717, 1.165) is 6.42 Å². The molecule has 1 amide bonds. The summed E-state index contributed by atoms with van der Waals surface area (Å²) in [5.41, 5.74) is 5.88. The van der Waals surface area contributed by atoms with Crippen molar-refractivity contribution in [3.63, 3.8) is 0 Å². The average molecular weight is 301 g/mol. The van der Waals surface area contributed by atoms with Gasteiger partial charge in [-0.1, -0.05) is 18.5 Å². The Kier molecular flexibility index (Phi) is 6.27. The average Bonchev–Trinajstić information content (AvgIpc) is 2.37. The van der Waals surface area contributed by atoms with E-state index in [1.54, 1.807) is 12.1 Å². The number of halogens is 1. The summed E-state index contributed by atoms with van der Waals surface area (Å²) in [7, 11) is 0. The molecule has 1 unspecified atom stereocenters. The molecule has 1 atom stereocenters. The summed E-state index contributed by atoms with van der Waals surface area (Å²) < 4.78 is 5.40. The third-order valence-corrected chi connectivity index (χ3v) is 2.69. The first-order chi connectivity index (χ1) is 9.43. The van der Waals surface area contributed by atoms with Crippen molar-refractivity contribution in [2.75, 3.05) is 11.9 Å². The van der Waals surface area contributed by atoms with Gasteiger partial charge in [-0.25, -0.2) is 0 Å². The molecular weight excluding hydrogens is 284 g/mol. The lowest BCUT2D eigenvalue weighted by molar-refractivity contribution is -0.138. The fraction of sp³-hybridized carbons (Fsp3) is 0.385. The van der Waals surface area contributed by atoms with E-state index in [4.69, 9.17) is 27.2 Å². The SMILES string of the molecule is CCCOc1ccc(NC(=O)C(N)CC(=O)O)cc1Cl. The van der Waals surface area contributed by atoms with Crippen LogP contribution in [0.5, 0.6) is 5.75 Å². The van der Waals surface area contributed by atoms with Crippen LogP contribution in [-0.4, -0.2) is 29.6 Å². The number of ether oxygens (including phenoxy) is 1. The van der Waals surface area contributed by atoms with Gasteiger partial charge < -0.3 is 20.9 Å². The Bertz CT molecular complexity index is 493. The Morgan fingerprint density at radius 2 is 2.20 bits per heavy atom. The van der Waals surface area contributed by atoms with Crippen LogP contribution in [0.3, 0.4) is 0 Å². The molecular formula is C13H17ClN2O4. The van der Waals surface area contributed by atoms with Crippen LogP contribution in [0.25, 0.3) is 0 Å². The number of carboxylic acid groups (broad SMARTS) is 1. The minimum Gasteiger partial charge on any atom is -0.492 e. The maximum atomic E-state index is 11.6. The number of aliphatic carboxylic acids is 1. The van der Waals surface area contributed by atoms with Crippen LogP contribution in [-0.2, 0) is 9.59 Å². The number of nitrogens with two attached hydrogens (primary N) is 1. The Morgan fingerprint density at radius 1 is 1.50 bits per heavy atom. The number of amides is 1. The second-order valence-corrected chi connectivity index (χ2v) is 4.59. The molecule has 1 aromatic carbocycles. The molecule has 0 spiro atoms. The Hall–Kier alpha value is -1.79. The minimum absolute atomic E-state index is 0.364. The van der Waals surface area contributed by atoms with E-state index in [1.165, 1.54) is 6.07 Å². The van der Waals surface area contributed by atoms with E-state index >= 15 is 0 Å². The highest BCUT2D eigenvalue weighted by molar-refractivity contribution is 6.32. The van der Waals surface area contributed by atoms with Crippen LogP contribution >= 0.6 is 11.6 Å². The minimum atomic E-state index is -1.13. The standard InChI is InChI=1S/C13H17ClN2O4/c1-2-5-20-11-4-3-8(6-9(11)14)16-13(19)10(15)7-12(17)18/h3-4,6,10H,2,5,7,15H2,1H3,(H,16,19)(H,17,18). The van der Waals surface area contributed by atoms with Crippen molar-refractivity contribution in [1.29, 1.82) is 0 Å². The number of carbonyl (C=O) groups is 2. The summed E-state index contributed by atoms with van der Waals surface area (Å²) >= 11 is 6.01. The van der Waals surface area contributed by atoms with Crippen molar-refractivity contribution in [2.24, 2.45) is 5.73 Å². The summed E-state index contributed by atoms with van der Waals surface area (Å²) in [6.07, 6.45) is 0.427. The highest BCUT2D eigenvalue weighted by Gasteiger charge is 2.17. The molecule has 7 heteroatoms. The summed E-state index contributed by atoms with van der Waals surface area (Å²) in [5.74, 6) is -1.18. The number of hydrogen-bond donors (Lipinski definition) is 3. The molecule has 0 saturated heterocycles. The van der Waals surface area contributed by atoms with Crippen molar-refractivity contribution >= 4 is 29.2 Å². The third kappa shape index (κ3) is 5.07.